The highest BCUT2D eigenvalue weighted by Gasteiger charge is 2.45. The Labute approximate surface area is 139 Å². The first-order chi connectivity index (χ1) is 11.8. The van der Waals surface area contributed by atoms with Gasteiger partial charge >= 0.3 is 13.4 Å². The van der Waals surface area contributed by atoms with Gasteiger partial charge < -0.3 is 19.8 Å². The van der Waals surface area contributed by atoms with E-state index in [0.717, 1.165) is 27.5 Å². The van der Waals surface area contributed by atoms with Crippen molar-refractivity contribution < 1.29 is 28.9 Å². The van der Waals surface area contributed by atoms with E-state index in [1.807, 2.05) is 4.98 Å². The minimum Gasteiger partial charge on any atom is -0.387 e. The molecule has 1 unspecified atom stereocenters. The van der Waals surface area contributed by atoms with Crippen LogP contribution in [0.4, 0.5) is 0 Å². The molecular formula is C12H15N4O8P. The molecule has 13 heteroatoms. The van der Waals surface area contributed by atoms with E-state index >= 15 is 0 Å². The Morgan fingerprint density at radius 1 is 1.32 bits per heavy atom. The first-order valence-electron chi connectivity index (χ1n) is 7.09. The minimum atomic E-state index is -4.24. The molecule has 1 aliphatic heterocycles. The number of aliphatic hydroxyl groups is 2. The van der Waals surface area contributed by atoms with Crippen molar-refractivity contribution in [2.75, 3.05) is 6.61 Å². The molecule has 1 saturated heterocycles. The number of ether oxygens (including phenoxy) is 1. The summed E-state index contributed by atoms with van der Waals surface area (Å²) in [7, 11) is -4.24. The van der Waals surface area contributed by atoms with Crippen LogP contribution in [0.5, 0.6) is 0 Å². The zero-order valence-electron chi connectivity index (χ0n) is 12.6. The molecule has 25 heavy (non-hydrogen) atoms. The van der Waals surface area contributed by atoms with Gasteiger partial charge in [-0.05, 0) is 0 Å². The van der Waals surface area contributed by atoms with Gasteiger partial charge in [0.05, 0.1) is 6.61 Å². The molecule has 136 valence electrons. The molecule has 1 fully saturated rings. The van der Waals surface area contributed by atoms with E-state index in [0.29, 0.717) is 0 Å². The van der Waals surface area contributed by atoms with Crippen molar-refractivity contribution in [2.45, 2.75) is 24.5 Å². The molecule has 0 radical (unpaired) electrons. The summed E-state index contributed by atoms with van der Waals surface area (Å²) in [5.41, 5.74) is -1.47. The summed E-state index contributed by atoms with van der Waals surface area (Å²) in [6, 6.07) is 1.05. The molecule has 4 N–H and O–H groups in total. The van der Waals surface area contributed by atoms with E-state index in [2.05, 4.69) is 4.98 Å². The molecule has 2 aromatic rings. The Kier molecular flexibility index (Phi) is 4.73. The van der Waals surface area contributed by atoms with Crippen LogP contribution < -0.4 is 11.2 Å². The summed E-state index contributed by atoms with van der Waals surface area (Å²) in [5, 5.41) is 20.1. The van der Waals surface area contributed by atoms with Gasteiger partial charge in [-0.25, -0.2) is 18.7 Å². The third-order valence-corrected chi connectivity index (χ3v) is 4.96. The maximum Gasteiger partial charge on any atom is 0.437 e. The number of hydrogen-bond acceptors (Lipinski definition) is 8. The lowest BCUT2D eigenvalue weighted by atomic mass is 10.1. The first-order valence-corrected chi connectivity index (χ1v) is 8.62. The quantitative estimate of drug-likeness (QED) is 0.433. The highest BCUT2D eigenvalue weighted by molar-refractivity contribution is 7.51. The van der Waals surface area contributed by atoms with Gasteiger partial charge in [-0.1, -0.05) is 0 Å². The molecule has 0 saturated carbocycles. The molecule has 0 amide bonds. The third-order valence-electron chi connectivity index (χ3n) is 3.65. The standard InChI is InChI=1S/C12H15N4O8P/c17-8-1-3-16(12(20)14-8)11-10(19)9(18)7(24-11)5-23-25(21,22)15-4-2-13-6-15/h1-4,6-7,9-11,18-19H,5H2,(H,21,22)(H,14,17,20)/t7-,9+,10+,11+/m0/s1. The van der Waals surface area contributed by atoms with Gasteiger partial charge in [-0.3, -0.25) is 18.9 Å². The lowest BCUT2D eigenvalue weighted by Gasteiger charge is -2.18. The zero-order chi connectivity index (χ0) is 18.2. The van der Waals surface area contributed by atoms with Gasteiger partial charge in [0, 0.05) is 24.7 Å². The van der Waals surface area contributed by atoms with Crippen molar-refractivity contribution in [2.24, 2.45) is 0 Å². The Bertz CT molecular complexity index is 893. The molecule has 3 rings (SSSR count). The summed E-state index contributed by atoms with van der Waals surface area (Å²) >= 11 is 0. The molecule has 0 bridgehead atoms. The number of nitrogens with one attached hydrogen (secondary N) is 1. The van der Waals surface area contributed by atoms with Gasteiger partial charge in [0.1, 0.15) is 24.6 Å². The van der Waals surface area contributed by atoms with Gasteiger partial charge in [0.15, 0.2) is 6.23 Å². The van der Waals surface area contributed by atoms with E-state index in [9.17, 15) is 29.3 Å². The largest absolute Gasteiger partial charge is 0.437 e. The van der Waals surface area contributed by atoms with Crippen molar-refractivity contribution in [3.8, 4) is 0 Å². The Morgan fingerprint density at radius 3 is 2.72 bits per heavy atom. The fourth-order valence-corrected chi connectivity index (χ4v) is 3.26. The van der Waals surface area contributed by atoms with Crippen LogP contribution in [0.3, 0.4) is 0 Å². The molecule has 12 nitrogen and oxygen atoms in total. The van der Waals surface area contributed by atoms with E-state index in [1.54, 1.807) is 0 Å². The van der Waals surface area contributed by atoms with Crippen LogP contribution in [0.1, 0.15) is 6.23 Å². The van der Waals surface area contributed by atoms with Gasteiger partial charge in [-0.15, -0.1) is 0 Å². The summed E-state index contributed by atoms with van der Waals surface area (Å²) in [4.78, 5) is 38.3. The number of aromatic nitrogens is 4. The lowest BCUT2D eigenvalue weighted by Crippen LogP contribution is -2.37. The summed E-state index contributed by atoms with van der Waals surface area (Å²) in [6.45, 7) is -0.529. The number of aromatic amines is 1. The normalized spacial score (nSPS) is 28.8. The summed E-state index contributed by atoms with van der Waals surface area (Å²) in [5.74, 6) is 0. The second kappa shape index (κ2) is 6.67. The topological polar surface area (TPSA) is 169 Å². The number of rotatable bonds is 5. The van der Waals surface area contributed by atoms with Crippen molar-refractivity contribution in [3.63, 3.8) is 0 Å². The average Bonchev–Trinajstić information content (AvgIpc) is 3.18. The summed E-state index contributed by atoms with van der Waals surface area (Å²) in [6.07, 6.45) is -0.755. The van der Waals surface area contributed by atoms with Gasteiger partial charge in [0.25, 0.3) is 5.56 Å². The van der Waals surface area contributed by atoms with E-state index in [4.69, 9.17) is 9.26 Å². The Morgan fingerprint density at radius 2 is 2.08 bits per heavy atom. The van der Waals surface area contributed by atoms with E-state index in [1.165, 1.54) is 12.4 Å². The number of hydrogen-bond donors (Lipinski definition) is 4. The Hall–Kier alpha value is -2.08. The molecule has 0 aliphatic carbocycles. The van der Waals surface area contributed by atoms with Crippen LogP contribution >= 0.6 is 7.75 Å². The number of imidazole rings is 1. The van der Waals surface area contributed by atoms with Crippen LogP contribution in [0.25, 0.3) is 0 Å². The smallest absolute Gasteiger partial charge is 0.387 e. The lowest BCUT2D eigenvalue weighted by molar-refractivity contribution is -0.0527. The van der Waals surface area contributed by atoms with E-state index in [-0.39, 0.29) is 0 Å². The number of nitrogens with zero attached hydrogens (tertiary/aromatic N) is 3. The zero-order valence-corrected chi connectivity index (χ0v) is 13.5. The predicted molar refractivity (Wildman–Crippen MR) is 80.6 cm³/mol. The van der Waals surface area contributed by atoms with Crippen molar-refractivity contribution in [1.29, 1.82) is 0 Å². The molecule has 3 heterocycles. The highest BCUT2D eigenvalue weighted by atomic mass is 31.2. The highest BCUT2D eigenvalue weighted by Crippen LogP contribution is 2.44. The van der Waals surface area contributed by atoms with Gasteiger partial charge in [0.2, 0.25) is 0 Å². The van der Waals surface area contributed by atoms with Crippen molar-refractivity contribution in [1.82, 2.24) is 18.9 Å². The van der Waals surface area contributed by atoms with Crippen LogP contribution in [0.15, 0.2) is 40.6 Å². The first kappa shape index (κ1) is 17.7. The number of H-pyrrole nitrogens is 1. The minimum absolute atomic E-state index is 0.529. The van der Waals surface area contributed by atoms with Gasteiger partial charge in [-0.2, -0.15) is 0 Å². The molecular weight excluding hydrogens is 359 g/mol. The second-order valence-electron chi connectivity index (χ2n) is 5.29. The maximum absolute atomic E-state index is 12.0. The third kappa shape index (κ3) is 3.49. The second-order valence-corrected chi connectivity index (χ2v) is 6.99. The van der Waals surface area contributed by atoms with Crippen LogP contribution in [-0.4, -0.2) is 58.9 Å². The SMILES string of the molecule is O=c1ccn([C@@H]2O[C@@H](COP(=O)(O)n3ccnc3)[C@@H](O)[C@H]2O)c(=O)[nH]1. The average molecular weight is 374 g/mol. The monoisotopic (exact) mass is 374 g/mol. The number of aliphatic hydroxyl groups excluding tert-OH is 2. The maximum atomic E-state index is 12.0. The van der Waals surface area contributed by atoms with Crippen LogP contribution in [0.2, 0.25) is 0 Å². The fraction of sp³-hybridized carbons (Fsp3) is 0.417. The molecule has 2 aromatic heterocycles. The fourth-order valence-electron chi connectivity index (χ4n) is 2.36. The Balaban J connectivity index is 1.73. The van der Waals surface area contributed by atoms with Crippen molar-refractivity contribution >= 4 is 7.75 Å². The summed E-state index contributed by atoms with van der Waals surface area (Å²) < 4.78 is 24.0. The predicted octanol–water partition coefficient (Wildman–Crippen LogP) is -1.98. The molecule has 1 aliphatic rings. The van der Waals surface area contributed by atoms with Crippen LogP contribution in [-0.2, 0) is 13.8 Å². The van der Waals surface area contributed by atoms with Crippen molar-refractivity contribution in [3.05, 3.63) is 51.8 Å². The molecule has 0 spiro atoms. The molecule has 5 atom stereocenters. The molecule has 0 aromatic carbocycles. The van der Waals surface area contributed by atoms with Crippen LogP contribution in [0, 0.1) is 0 Å². The van der Waals surface area contributed by atoms with E-state index < -0.39 is 50.1 Å².